The van der Waals surface area contributed by atoms with Crippen molar-refractivity contribution in [2.45, 2.75) is 129 Å². The van der Waals surface area contributed by atoms with Gasteiger partial charge in [0, 0.05) is 0 Å². The summed E-state index contributed by atoms with van der Waals surface area (Å²) in [5.41, 5.74) is 0. The van der Waals surface area contributed by atoms with Gasteiger partial charge in [-0.05, 0) is 106 Å². The number of rotatable bonds is 11. The van der Waals surface area contributed by atoms with Crippen molar-refractivity contribution in [3.05, 3.63) is 12.2 Å². The predicted octanol–water partition coefficient (Wildman–Crippen LogP) is 9.68. The zero-order valence-corrected chi connectivity index (χ0v) is 20.1. The van der Waals surface area contributed by atoms with Crippen molar-refractivity contribution in [2.24, 2.45) is 35.5 Å². The molecule has 0 N–H and O–H groups in total. The largest absolute Gasteiger partial charge is 0.251 e. The third-order valence-corrected chi connectivity index (χ3v) is 9.26. The highest BCUT2D eigenvalue weighted by Gasteiger charge is 2.34. The van der Waals surface area contributed by atoms with Crippen molar-refractivity contribution in [1.29, 1.82) is 0 Å². The van der Waals surface area contributed by atoms with E-state index in [4.69, 9.17) is 0 Å². The molecular weight excluding hydrogens is 367 g/mol. The van der Waals surface area contributed by atoms with Crippen LogP contribution in [0.25, 0.3) is 0 Å². The van der Waals surface area contributed by atoms with Crippen molar-refractivity contribution < 1.29 is 4.39 Å². The monoisotopic (exact) mass is 418 g/mol. The van der Waals surface area contributed by atoms with E-state index in [1.165, 1.54) is 103 Å². The summed E-state index contributed by atoms with van der Waals surface area (Å²) in [5, 5.41) is 0. The van der Waals surface area contributed by atoms with Crippen molar-refractivity contribution >= 4 is 0 Å². The molecule has 1 heteroatoms. The molecule has 3 aliphatic carbocycles. The molecule has 0 atom stereocenters. The molecule has 0 spiro atoms. The Labute approximate surface area is 187 Å². The molecule has 0 aromatic rings. The van der Waals surface area contributed by atoms with Crippen LogP contribution < -0.4 is 0 Å². The molecule has 0 radical (unpaired) electrons. The summed E-state index contributed by atoms with van der Waals surface area (Å²) in [6.45, 7) is 2.12. The molecule has 0 aliphatic heterocycles. The van der Waals surface area contributed by atoms with Gasteiger partial charge in [0.05, 0.1) is 6.67 Å². The molecule has 3 saturated carbocycles. The molecule has 0 aromatic carbocycles. The lowest BCUT2D eigenvalue weighted by molar-refractivity contribution is 0.107. The van der Waals surface area contributed by atoms with Gasteiger partial charge in [-0.25, -0.2) is 0 Å². The first-order valence-corrected chi connectivity index (χ1v) is 14.0. The average Bonchev–Trinajstić information content (AvgIpc) is 2.80. The Hall–Kier alpha value is -0.330. The van der Waals surface area contributed by atoms with Crippen LogP contribution in [0.4, 0.5) is 4.39 Å². The fraction of sp³-hybridized carbons (Fsp3) is 0.931. The molecular formula is C29H51F. The molecule has 3 aliphatic rings. The highest BCUT2D eigenvalue weighted by Crippen LogP contribution is 2.46. The van der Waals surface area contributed by atoms with E-state index in [9.17, 15) is 4.39 Å². The molecule has 0 aromatic heterocycles. The maximum absolute atomic E-state index is 12.3. The fourth-order valence-corrected chi connectivity index (χ4v) is 7.23. The van der Waals surface area contributed by atoms with Crippen LogP contribution in [0, 0.1) is 35.5 Å². The van der Waals surface area contributed by atoms with Gasteiger partial charge < -0.3 is 0 Å². The normalized spacial score (nSPS) is 35.7. The smallest absolute Gasteiger partial charge is 0.0928 e. The van der Waals surface area contributed by atoms with Crippen LogP contribution in [0.2, 0.25) is 0 Å². The topological polar surface area (TPSA) is 0 Å². The highest BCUT2D eigenvalue weighted by atomic mass is 19.1. The third-order valence-electron chi connectivity index (χ3n) is 9.26. The lowest BCUT2D eigenvalue weighted by atomic mass is 9.65. The lowest BCUT2D eigenvalue weighted by Gasteiger charge is -2.41. The van der Waals surface area contributed by atoms with Crippen LogP contribution in [-0.2, 0) is 0 Å². The van der Waals surface area contributed by atoms with Crippen LogP contribution in [0.3, 0.4) is 0 Å². The number of halogens is 1. The van der Waals surface area contributed by atoms with Crippen molar-refractivity contribution in [1.82, 2.24) is 0 Å². The quantitative estimate of drug-likeness (QED) is 0.231. The van der Waals surface area contributed by atoms with Gasteiger partial charge in [0.1, 0.15) is 0 Å². The summed E-state index contributed by atoms with van der Waals surface area (Å²) in [4.78, 5) is 0. The zero-order valence-electron chi connectivity index (χ0n) is 20.1. The Balaban J connectivity index is 1.27. The Bertz CT molecular complexity index is 445. The van der Waals surface area contributed by atoms with Crippen LogP contribution in [0.15, 0.2) is 12.2 Å². The van der Waals surface area contributed by atoms with Crippen LogP contribution >= 0.6 is 0 Å². The van der Waals surface area contributed by atoms with Gasteiger partial charge >= 0.3 is 0 Å². The molecule has 0 heterocycles. The predicted molar refractivity (Wildman–Crippen MR) is 129 cm³/mol. The summed E-state index contributed by atoms with van der Waals surface area (Å²) in [5.74, 6) is 5.96. The number of hydrogen-bond acceptors (Lipinski definition) is 0. The minimum atomic E-state index is -0.199. The Kier molecular flexibility index (Phi) is 11.3. The number of unbranched alkanes of at least 4 members (excludes halogenated alkanes) is 4. The van der Waals surface area contributed by atoms with Crippen LogP contribution in [-0.4, -0.2) is 6.67 Å². The minimum Gasteiger partial charge on any atom is -0.251 e. The Morgan fingerprint density at radius 3 is 1.67 bits per heavy atom. The first kappa shape index (κ1) is 24.3. The number of allylic oxidation sites excluding steroid dienone is 2. The van der Waals surface area contributed by atoms with E-state index < -0.39 is 0 Å². The lowest BCUT2D eigenvalue weighted by Crippen LogP contribution is -2.29. The second kappa shape index (κ2) is 13.9. The van der Waals surface area contributed by atoms with Gasteiger partial charge in [-0.3, -0.25) is 4.39 Å². The first-order chi connectivity index (χ1) is 14.8. The van der Waals surface area contributed by atoms with Crippen LogP contribution in [0.5, 0.6) is 0 Å². The average molecular weight is 419 g/mol. The molecule has 3 fully saturated rings. The van der Waals surface area contributed by atoms with Gasteiger partial charge in [0.2, 0.25) is 0 Å². The summed E-state index contributed by atoms with van der Waals surface area (Å²) < 4.78 is 12.3. The van der Waals surface area contributed by atoms with E-state index in [0.717, 1.165) is 35.5 Å². The first-order valence-electron chi connectivity index (χ1n) is 14.0. The molecule has 0 amide bonds. The number of alkyl halides is 1. The van der Waals surface area contributed by atoms with E-state index >= 15 is 0 Å². The van der Waals surface area contributed by atoms with E-state index in [-0.39, 0.29) is 6.67 Å². The molecule has 0 unspecified atom stereocenters. The van der Waals surface area contributed by atoms with E-state index in [1.54, 1.807) is 12.8 Å². The molecule has 0 bridgehead atoms. The van der Waals surface area contributed by atoms with Gasteiger partial charge in [0.15, 0.2) is 0 Å². The van der Waals surface area contributed by atoms with Crippen LogP contribution in [0.1, 0.15) is 129 Å². The van der Waals surface area contributed by atoms with Gasteiger partial charge in [-0.15, -0.1) is 0 Å². The van der Waals surface area contributed by atoms with E-state index in [0.29, 0.717) is 6.42 Å². The summed E-state index contributed by atoms with van der Waals surface area (Å²) in [6.07, 6.45) is 31.7. The standard InChI is InChI=1S/C29H51F/c1-2-3-4-5-6-9-24-11-15-26(16-12-24)28-19-21-29(22-20-28)27-17-13-25(14-18-27)10-7-8-23-30/h7,10,24-29H,2-6,8-9,11-23H2,1H3. The second-order valence-electron chi connectivity index (χ2n) is 11.2. The SMILES string of the molecule is CCCCCCCC1CCC(C2CCC(C3CCC(C=CCCF)CC3)CC2)CC1. The third kappa shape index (κ3) is 7.98. The molecule has 30 heavy (non-hydrogen) atoms. The minimum absolute atomic E-state index is 0.199. The van der Waals surface area contributed by atoms with Gasteiger partial charge in [-0.1, -0.05) is 70.4 Å². The van der Waals surface area contributed by atoms with Crippen molar-refractivity contribution in [2.75, 3.05) is 6.67 Å². The second-order valence-corrected chi connectivity index (χ2v) is 11.2. The summed E-state index contributed by atoms with van der Waals surface area (Å²) >= 11 is 0. The molecule has 174 valence electrons. The fourth-order valence-electron chi connectivity index (χ4n) is 7.23. The Morgan fingerprint density at radius 2 is 1.13 bits per heavy atom. The van der Waals surface area contributed by atoms with Gasteiger partial charge in [-0.2, -0.15) is 0 Å². The summed E-state index contributed by atoms with van der Waals surface area (Å²) in [6, 6.07) is 0. The van der Waals surface area contributed by atoms with E-state index in [2.05, 4.69) is 19.1 Å². The molecule has 0 saturated heterocycles. The number of hydrogen-bond donors (Lipinski definition) is 0. The summed E-state index contributed by atoms with van der Waals surface area (Å²) in [7, 11) is 0. The zero-order chi connectivity index (χ0) is 21.0. The van der Waals surface area contributed by atoms with Gasteiger partial charge in [0.25, 0.3) is 0 Å². The maximum Gasteiger partial charge on any atom is 0.0928 e. The molecule has 0 nitrogen and oxygen atoms in total. The highest BCUT2D eigenvalue weighted by molar-refractivity contribution is 4.93. The maximum atomic E-state index is 12.3. The molecule has 3 rings (SSSR count). The van der Waals surface area contributed by atoms with Crippen molar-refractivity contribution in [3.63, 3.8) is 0 Å². The Morgan fingerprint density at radius 1 is 0.633 bits per heavy atom. The van der Waals surface area contributed by atoms with E-state index in [1.807, 2.05) is 0 Å². The van der Waals surface area contributed by atoms with Crippen molar-refractivity contribution in [3.8, 4) is 0 Å².